The molecule has 1 N–H and O–H groups in total. The summed E-state index contributed by atoms with van der Waals surface area (Å²) < 4.78 is 2.30. The van der Waals surface area contributed by atoms with E-state index >= 15 is 0 Å². The standard InChI is InChI=1S/C18H27N3/c1-12(2)17-18(19-15-8-6-5-7-9-15)21-14(4)10-13(3)11-16(21)20-17/h10-12,15,19H,5-9H2,1-4H3. The number of rotatable bonds is 3. The van der Waals surface area contributed by atoms with Gasteiger partial charge in [-0.05, 0) is 50.3 Å². The summed E-state index contributed by atoms with van der Waals surface area (Å²) in [4.78, 5) is 4.90. The average Bonchev–Trinajstić information content (AvgIpc) is 2.79. The lowest BCUT2D eigenvalue weighted by molar-refractivity contribution is 0.461. The second-order valence-electron chi connectivity index (χ2n) is 6.85. The molecule has 114 valence electrons. The molecule has 0 aromatic carbocycles. The highest BCUT2D eigenvalue weighted by atomic mass is 15.2. The van der Waals surface area contributed by atoms with Gasteiger partial charge in [-0.25, -0.2) is 4.98 Å². The van der Waals surface area contributed by atoms with Crippen molar-refractivity contribution in [2.75, 3.05) is 5.32 Å². The van der Waals surface area contributed by atoms with Crippen LogP contribution < -0.4 is 5.32 Å². The van der Waals surface area contributed by atoms with Gasteiger partial charge in [0.25, 0.3) is 0 Å². The molecule has 1 saturated carbocycles. The van der Waals surface area contributed by atoms with Gasteiger partial charge in [0.15, 0.2) is 0 Å². The largest absolute Gasteiger partial charge is 0.367 e. The Kier molecular flexibility index (Phi) is 3.92. The fourth-order valence-electron chi connectivity index (χ4n) is 3.53. The number of nitrogens with one attached hydrogen (secondary N) is 1. The monoisotopic (exact) mass is 285 g/mol. The van der Waals surface area contributed by atoms with Crippen LogP contribution in [-0.2, 0) is 0 Å². The normalized spacial score (nSPS) is 16.8. The molecule has 0 saturated heterocycles. The number of pyridine rings is 1. The molecule has 0 spiro atoms. The maximum absolute atomic E-state index is 4.90. The maximum atomic E-state index is 4.90. The molecule has 2 heterocycles. The van der Waals surface area contributed by atoms with Crippen molar-refractivity contribution in [3.8, 4) is 0 Å². The highest BCUT2D eigenvalue weighted by molar-refractivity contribution is 5.59. The van der Waals surface area contributed by atoms with Gasteiger partial charge >= 0.3 is 0 Å². The van der Waals surface area contributed by atoms with E-state index in [4.69, 9.17) is 4.98 Å². The number of anilines is 1. The lowest BCUT2D eigenvalue weighted by Crippen LogP contribution is -2.24. The molecule has 1 aliphatic carbocycles. The first-order valence-corrected chi connectivity index (χ1v) is 8.32. The Bertz CT molecular complexity index is 633. The smallest absolute Gasteiger partial charge is 0.139 e. The molecular formula is C18H27N3. The zero-order valence-corrected chi connectivity index (χ0v) is 13.7. The summed E-state index contributed by atoms with van der Waals surface area (Å²) in [6.45, 7) is 8.79. The molecule has 1 aliphatic rings. The van der Waals surface area contributed by atoms with Crippen LogP contribution in [0.3, 0.4) is 0 Å². The first-order valence-electron chi connectivity index (χ1n) is 8.32. The van der Waals surface area contributed by atoms with E-state index in [9.17, 15) is 0 Å². The summed E-state index contributed by atoms with van der Waals surface area (Å²) in [5.74, 6) is 1.67. The van der Waals surface area contributed by atoms with Crippen LogP contribution >= 0.6 is 0 Å². The molecule has 1 fully saturated rings. The first kappa shape index (κ1) is 14.4. The molecule has 2 aromatic heterocycles. The molecule has 0 radical (unpaired) electrons. The van der Waals surface area contributed by atoms with Crippen LogP contribution in [0, 0.1) is 13.8 Å². The van der Waals surface area contributed by atoms with Gasteiger partial charge in [-0.3, -0.25) is 4.40 Å². The highest BCUT2D eigenvalue weighted by Crippen LogP contribution is 2.30. The van der Waals surface area contributed by atoms with E-state index in [0.717, 1.165) is 5.65 Å². The topological polar surface area (TPSA) is 29.3 Å². The minimum atomic E-state index is 0.440. The zero-order valence-electron chi connectivity index (χ0n) is 13.7. The van der Waals surface area contributed by atoms with Crippen molar-refractivity contribution in [2.24, 2.45) is 0 Å². The molecule has 0 amide bonds. The minimum Gasteiger partial charge on any atom is -0.367 e. The fourth-order valence-corrected chi connectivity index (χ4v) is 3.53. The van der Waals surface area contributed by atoms with Crippen molar-refractivity contribution >= 4 is 11.5 Å². The maximum Gasteiger partial charge on any atom is 0.139 e. The van der Waals surface area contributed by atoms with Crippen molar-refractivity contribution < 1.29 is 0 Å². The Morgan fingerprint density at radius 3 is 2.52 bits per heavy atom. The molecule has 3 rings (SSSR count). The predicted molar refractivity (Wildman–Crippen MR) is 89.3 cm³/mol. The Balaban J connectivity index is 2.06. The summed E-state index contributed by atoms with van der Waals surface area (Å²) in [5.41, 5.74) is 4.83. The molecule has 2 aromatic rings. The molecule has 0 bridgehead atoms. The summed E-state index contributed by atoms with van der Waals surface area (Å²) in [6.07, 6.45) is 6.67. The van der Waals surface area contributed by atoms with E-state index in [1.165, 1.54) is 54.9 Å². The number of aryl methyl sites for hydroxylation is 2. The van der Waals surface area contributed by atoms with E-state index in [2.05, 4.69) is 49.5 Å². The van der Waals surface area contributed by atoms with Gasteiger partial charge in [0.2, 0.25) is 0 Å². The molecule has 0 atom stereocenters. The number of fused-ring (bicyclic) bond motifs is 1. The van der Waals surface area contributed by atoms with Crippen molar-refractivity contribution in [1.29, 1.82) is 0 Å². The van der Waals surface area contributed by atoms with Crippen LogP contribution in [0.5, 0.6) is 0 Å². The number of nitrogens with zero attached hydrogens (tertiary/aromatic N) is 2. The van der Waals surface area contributed by atoms with E-state index < -0.39 is 0 Å². The predicted octanol–water partition coefficient (Wildman–Crippen LogP) is 4.82. The SMILES string of the molecule is Cc1cc(C)n2c(NC3CCCCC3)c(C(C)C)nc2c1. The Morgan fingerprint density at radius 2 is 1.86 bits per heavy atom. The minimum absolute atomic E-state index is 0.440. The average molecular weight is 285 g/mol. The van der Waals surface area contributed by atoms with Crippen LogP contribution in [0.2, 0.25) is 0 Å². The number of aromatic nitrogens is 2. The van der Waals surface area contributed by atoms with E-state index in [-0.39, 0.29) is 0 Å². The molecule has 3 heteroatoms. The van der Waals surface area contributed by atoms with Gasteiger partial charge in [0.1, 0.15) is 11.5 Å². The summed E-state index contributed by atoms with van der Waals surface area (Å²) >= 11 is 0. The molecule has 0 unspecified atom stereocenters. The third-order valence-electron chi connectivity index (χ3n) is 4.57. The first-order chi connectivity index (χ1) is 10.1. The van der Waals surface area contributed by atoms with Gasteiger partial charge < -0.3 is 5.32 Å². The third kappa shape index (κ3) is 2.78. The Hall–Kier alpha value is -1.51. The van der Waals surface area contributed by atoms with Crippen LogP contribution in [-0.4, -0.2) is 15.4 Å². The summed E-state index contributed by atoms with van der Waals surface area (Å²) in [7, 11) is 0. The van der Waals surface area contributed by atoms with Gasteiger partial charge in [-0.1, -0.05) is 33.1 Å². The van der Waals surface area contributed by atoms with Crippen LogP contribution in [0.15, 0.2) is 12.1 Å². The molecule has 0 aliphatic heterocycles. The molecule has 3 nitrogen and oxygen atoms in total. The van der Waals surface area contributed by atoms with Crippen molar-refractivity contribution in [3.63, 3.8) is 0 Å². The van der Waals surface area contributed by atoms with Crippen LogP contribution in [0.4, 0.5) is 5.82 Å². The molecular weight excluding hydrogens is 258 g/mol. The zero-order chi connectivity index (χ0) is 15.0. The van der Waals surface area contributed by atoms with Gasteiger partial charge in [0.05, 0.1) is 5.69 Å². The van der Waals surface area contributed by atoms with Crippen molar-refractivity contribution in [1.82, 2.24) is 9.38 Å². The van der Waals surface area contributed by atoms with Gasteiger partial charge in [-0.2, -0.15) is 0 Å². The molecule has 21 heavy (non-hydrogen) atoms. The number of hydrogen-bond acceptors (Lipinski definition) is 2. The van der Waals surface area contributed by atoms with Crippen LogP contribution in [0.1, 0.15) is 68.8 Å². The lowest BCUT2D eigenvalue weighted by Gasteiger charge is -2.25. The van der Waals surface area contributed by atoms with Crippen molar-refractivity contribution in [2.45, 2.75) is 71.8 Å². The summed E-state index contributed by atoms with van der Waals surface area (Å²) in [6, 6.07) is 5.03. The second kappa shape index (κ2) is 5.70. The van der Waals surface area contributed by atoms with E-state index in [0.29, 0.717) is 12.0 Å². The van der Waals surface area contributed by atoms with Gasteiger partial charge in [-0.15, -0.1) is 0 Å². The Labute approximate surface area is 127 Å². The third-order valence-corrected chi connectivity index (χ3v) is 4.57. The second-order valence-corrected chi connectivity index (χ2v) is 6.85. The fraction of sp³-hybridized carbons (Fsp3) is 0.611. The number of imidazole rings is 1. The number of hydrogen-bond donors (Lipinski definition) is 1. The lowest BCUT2D eigenvalue weighted by atomic mass is 9.95. The van der Waals surface area contributed by atoms with Crippen LogP contribution in [0.25, 0.3) is 5.65 Å². The Morgan fingerprint density at radius 1 is 1.14 bits per heavy atom. The highest BCUT2D eigenvalue weighted by Gasteiger charge is 2.20. The van der Waals surface area contributed by atoms with E-state index in [1.54, 1.807) is 0 Å². The van der Waals surface area contributed by atoms with E-state index in [1.807, 2.05) is 0 Å². The van der Waals surface area contributed by atoms with Gasteiger partial charge in [0, 0.05) is 11.7 Å². The summed E-state index contributed by atoms with van der Waals surface area (Å²) in [5, 5.41) is 3.81. The quantitative estimate of drug-likeness (QED) is 0.876. The van der Waals surface area contributed by atoms with Crippen molar-refractivity contribution in [3.05, 3.63) is 29.1 Å².